The van der Waals surface area contributed by atoms with Gasteiger partial charge in [-0.25, -0.2) is 0 Å². The lowest BCUT2D eigenvalue weighted by Crippen LogP contribution is -2.44. The Morgan fingerprint density at radius 2 is 1.68 bits per heavy atom. The molecule has 0 fully saturated rings. The van der Waals surface area contributed by atoms with Crippen LogP contribution in [0.25, 0.3) is 10.9 Å². The predicted molar refractivity (Wildman–Crippen MR) is 148 cm³/mol. The third kappa shape index (κ3) is 5.75. The lowest BCUT2D eigenvalue weighted by Gasteiger charge is -2.31. The number of rotatable bonds is 11. The molecular formula is C30H33N3O5. The molecule has 0 bridgehead atoms. The lowest BCUT2D eigenvalue weighted by molar-refractivity contribution is -0.122. The van der Waals surface area contributed by atoms with Gasteiger partial charge in [0.05, 0.1) is 14.2 Å². The molecule has 0 aliphatic heterocycles. The van der Waals surface area contributed by atoms with E-state index in [0.29, 0.717) is 35.0 Å². The maximum Gasteiger partial charge on any atom is 0.275 e. The molecule has 1 unspecified atom stereocenters. The van der Waals surface area contributed by atoms with E-state index in [-0.39, 0.29) is 11.7 Å². The zero-order valence-corrected chi connectivity index (χ0v) is 21.9. The summed E-state index contributed by atoms with van der Waals surface area (Å²) in [6, 6.07) is 19.8. The van der Waals surface area contributed by atoms with Crippen molar-refractivity contribution >= 4 is 28.4 Å². The largest absolute Gasteiger partial charge is 0.508 e. The van der Waals surface area contributed by atoms with Gasteiger partial charge >= 0.3 is 0 Å². The number of H-pyrrole nitrogens is 1. The Morgan fingerprint density at radius 1 is 0.947 bits per heavy atom. The Labute approximate surface area is 222 Å². The van der Waals surface area contributed by atoms with Crippen molar-refractivity contribution in [1.82, 2.24) is 10.3 Å². The topological polar surface area (TPSA) is 104 Å². The number of unbranched alkanes of at least 4 members (excludes halogenated alkanes) is 2. The van der Waals surface area contributed by atoms with Crippen LogP contribution in [-0.2, 0) is 4.79 Å². The standard InChI is InChI=1S/C30H33N3O5/c1-4-5-8-17-31-29(35)28(20-11-14-23(34)15-12-20)33(22-13-16-26(37-2)27(19-22)38-3)30(36)25-18-21-9-6-7-10-24(21)32-25/h6-7,9-16,18-19,28,32,34H,4-5,8,17H2,1-3H3,(H,31,35). The number of fused-ring (bicyclic) bond motifs is 1. The molecule has 0 spiro atoms. The number of carbonyl (C=O) groups excluding carboxylic acids is 2. The number of phenols is 1. The molecule has 0 radical (unpaired) electrons. The van der Waals surface area contributed by atoms with Crippen LogP contribution in [0.4, 0.5) is 5.69 Å². The molecule has 2 amide bonds. The lowest BCUT2D eigenvalue weighted by atomic mass is 10.0. The number of amides is 2. The summed E-state index contributed by atoms with van der Waals surface area (Å²) in [7, 11) is 3.05. The number of hydrogen-bond donors (Lipinski definition) is 3. The average molecular weight is 516 g/mol. The molecule has 1 atom stereocenters. The van der Waals surface area contributed by atoms with E-state index >= 15 is 0 Å². The number of phenolic OH excluding ortho intramolecular Hbond substituents is 1. The van der Waals surface area contributed by atoms with Gasteiger partial charge in [0.2, 0.25) is 5.91 Å². The van der Waals surface area contributed by atoms with Crippen molar-refractivity contribution in [2.45, 2.75) is 32.2 Å². The van der Waals surface area contributed by atoms with Crippen LogP contribution in [0.15, 0.2) is 72.8 Å². The average Bonchev–Trinajstić information content (AvgIpc) is 3.38. The number of aromatic hydroxyl groups is 1. The van der Waals surface area contributed by atoms with Crippen LogP contribution >= 0.6 is 0 Å². The van der Waals surface area contributed by atoms with E-state index in [2.05, 4.69) is 17.2 Å². The number of para-hydroxylation sites is 1. The number of anilines is 1. The van der Waals surface area contributed by atoms with Crippen molar-refractivity contribution in [2.24, 2.45) is 0 Å². The minimum atomic E-state index is -1.02. The Hall–Kier alpha value is -4.46. The van der Waals surface area contributed by atoms with E-state index in [1.807, 2.05) is 24.3 Å². The van der Waals surface area contributed by atoms with Gasteiger partial charge < -0.3 is 24.9 Å². The molecule has 4 rings (SSSR count). The molecule has 0 saturated heterocycles. The Bertz CT molecular complexity index is 1360. The summed E-state index contributed by atoms with van der Waals surface area (Å²) < 4.78 is 10.9. The van der Waals surface area contributed by atoms with Crippen molar-refractivity contribution in [1.29, 1.82) is 0 Å². The molecule has 0 aliphatic carbocycles. The monoisotopic (exact) mass is 515 g/mol. The van der Waals surface area contributed by atoms with Gasteiger partial charge in [-0.15, -0.1) is 0 Å². The number of benzene rings is 3. The fourth-order valence-corrected chi connectivity index (χ4v) is 4.43. The second kappa shape index (κ2) is 12.2. The summed E-state index contributed by atoms with van der Waals surface area (Å²) in [5.41, 5.74) is 2.15. The first-order chi connectivity index (χ1) is 18.5. The first-order valence-electron chi connectivity index (χ1n) is 12.7. The van der Waals surface area contributed by atoms with Gasteiger partial charge in [0.25, 0.3) is 5.91 Å². The van der Waals surface area contributed by atoms with E-state index in [1.54, 1.807) is 36.4 Å². The first-order valence-corrected chi connectivity index (χ1v) is 12.7. The molecule has 0 saturated carbocycles. The number of methoxy groups -OCH3 is 2. The molecule has 4 aromatic rings. The molecule has 8 nitrogen and oxygen atoms in total. The highest BCUT2D eigenvalue weighted by Crippen LogP contribution is 2.37. The van der Waals surface area contributed by atoms with Crippen LogP contribution in [0, 0.1) is 0 Å². The van der Waals surface area contributed by atoms with Crippen molar-refractivity contribution in [2.75, 3.05) is 25.7 Å². The quantitative estimate of drug-likeness (QED) is 0.226. The van der Waals surface area contributed by atoms with Gasteiger partial charge in [0, 0.05) is 29.2 Å². The molecule has 198 valence electrons. The van der Waals surface area contributed by atoms with Crippen molar-refractivity contribution in [3.05, 3.63) is 84.1 Å². The Kier molecular flexibility index (Phi) is 8.53. The molecule has 38 heavy (non-hydrogen) atoms. The van der Waals surface area contributed by atoms with Crippen LogP contribution < -0.4 is 19.7 Å². The third-order valence-corrected chi connectivity index (χ3v) is 6.42. The third-order valence-electron chi connectivity index (χ3n) is 6.42. The molecule has 1 aromatic heterocycles. The number of aromatic nitrogens is 1. The van der Waals surface area contributed by atoms with Crippen LogP contribution in [0.2, 0.25) is 0 Å². The summed E-state index contributed by atoms with van der Waals surface area (Å²) in [6.45, 7) is 2.58. The molecule has 8 heteroatoms. The summed E-state index contributed by atoms with van der Waals surface area (Å²) in [6.07, 6.45) is 2.84. The molecule has 3 N–H and O–H groups in total. The van der Waals surface area contributed by atoms with E-state index in [4.69, 9.17) is 9.47 Å². The zero-order chi connectivity index (χ0) is 27.1. The van der Waals surface area contributed by atoms with Gasteiger partial charge in [-0.2, -0.15) is 0 Å². The van der Waals surface area contributed by atoms with Crippen LogP contribution in [0.5, 0.6) is 17.2 Å². The van der Waals surface area contributed by atoms with Gasteiger partial charge in [-0.05, 0) is 48.4 Å². The zero-order valence-electron chi connectivity index (χ0n) is 21.9. The maximum absolute atomic E-state index is 14.2. The van der Waals surface area contributed by atoms with E-state index < -0.39 is 11.9 Å². The van der Waals surface area contributed by atoms with E-state index in [1.165, 1.54) is 31.3 Å². The van der Waals surface area contributed by atoms with Crippen molar-refractivity contribution in [3.8, 4) is 17.2 Å². The Balaban J connectivity index is 1.85. The number of aromatic amines is 1. The normalized spacial score (nSPS) is 11.7. The minimum absolute atomic E-state index is 0.0652. The smallest absolute Gasteiger partial charge is 0.275 e. The summed E-state index contributed by atoms with van der Waals surface area (Å²) in [4.78, 5) is 32.6. The highest BCUT2D eigenvalue weighted by molar-refractivity contribution is 6.11. The second-order valence-electron chi connectivity index (χ2n) is 8.98. The van der Waals surface area contributed by atoms with Gasteiger partial charge in [-0.1, -0.05) is 50.1 Å². The number of ether oxygens (including phenoxy) is 2. The summed E-state index contributed by atoms with van der Waals surface area (Å²) in [5, 5.41) is 13.8. The molecule has 3 aromatic carbocycles. The highest BCUT2D eigenvalue weighted by Gasteiger charge is 2.34. The number of nitrogens with zero attached hydrogens (tertiary/aromatic N) is 1. The number of hydrogen-bond acceptors (Lipinski definition) is 5. The number of carbonyl (C=O) groups is 2. The fourth-order valence-electron chi connectivity index (χ4n) is 4.43. The molecular weight excluding hydrogens is 482 g/mol. The SMILES string of the molecule is CCCCCNC(=O)C(c1ccc(O)cc1)N(C(=O)c1cc2ccccc2[nH]1)c1ccc(OC)c(OC)c1. The molecule has 0 aliphatic rings. The predicted octanol–water partition coefficient (Wildman–Crippen LogP) is 5.59. The minimum Gasteiger partial charge on any atom is -0.508 e. The van der Waals surface area contributed by atoms with Crippen LogP contribution in [0.1, 0.15) is 48.3 Å². The van der Waals surface area contributed by atoms with Crippen molar-refractivity contribution < 1.29 is 24.2 Å². The summed E-state index contributed by atoms with van der Waals surface area (Å²) in [5.74, 6) is 0.267. The van der Waals surface area contributed by atoms with Gasteiger partial charge in [-0.3, -0.25) is 14.5 Å². The molecule has 1 heterocycles. The van der Waals surface area contributed by atoms with Gasteiger partial charge in [0.1, 0.15) is 17.5 Å². The van der Waals surface area contributed by atoms with Crippen molar-refractivity contribution in [3.63, 3.8) is 0 Å². The number of nitrogens with one attached hydrogen (secondary N) is 2. The maximum atomic E-state index is 14.2. The van der Waals surface area contributed by atoms with E-state index in [9.17, 15) is 14.7 Å². The second-order valence-corrected chi connectivity index (χ2v) is 8.98. The first kappa shape index (κ1) is 26.6. The Morgan fingerprint density at radius 3 is 2.37 bits per heavy atom. The van der Waals surface area contributed by atoms with Crippen LogP contribution in [0.3, 0.4) is 0 Å². The summed E-state index contributed by atoms with van der Waals surface area (Å²) >= 11 is 0. The fraction of sp³-hybridized carbons (Fsp3) is 0.267. The van der Waals surface area contributed by atoms with Gasteiger partial charge in [0.15, 0.2) is 11.5 Å². The van der Waals surface area contributed by atoms with E-state index in [0.717, 1.165) is 30.2 Å². The van der Waals surface area contributed by atoms with Crippen LogP contribution in [-0.4, -0.2) is 42.7 Å². The highest BCUT2D eigenvalue weighted by atomic mass is 16.5.